The van der Waals surface area contributed by atoms with Gasteiger partial charge in [-0.05, 0) is 44.0 Å². The van der Waals surface area contributed by atoms with E-state index in [-0.39, 0.29) is 0 Å². The fourth-order valence-electron chi connectivity index (χ4n) is 3.00. The normalized spacial score (nSPS) is 10.8. The lowest BCUT2D eigenvalue weighted by molar-refractivity contribution is 0.0522. The van der Waals surface area contributed by atoms with Crippen molar-refractivity contribution in [1.82, 2.24) is 15.3 Å². The van der Waals surface area contributed by atoms with Gasteiger partial charge in [0, 0.05) is 0 Å². The van der Waals surface area contributed by atoms with E-state index in [1.807, 2.05) is 51.1 Å². The van der Waals surface area contributed by atoms with Gasteiger partial charge < -0.3 is 15.0 Å². The Morgan fingerprint density at radius 3 is 2.35 bits per heavy atom. The van der Waals surface area contributed by atoms with Crippen molar-refractivity contribution in [1.29, 1.82) is 0 Å². The van der Waals surface area contributed by atoms with Gasteiger partial charge in [-0.25, -0.2) is 9.78 Å². The highest BCUT2D eigenvalue weighted by molar-refractivity contribution is 5.82. The first-order valence-corrected chi connectivity index (χ1v) is 10.3. The quantitative estimate of drug-likeness (QED) is 0.416. The van der Waals surface area contributed by atoms with Crippen LogP contribution in [-0.4, -0.2) is 21.7 Å². The Kier molecular flexibility index (Phi) is 7.08. The number of amides is 1. The van der Waals surface area contributed by atoms with Gasteiger partial charge in [-0.15, -0.1) is 0 Å². The number of H-pyrrole nitrogens is 1. The van der Waals surface area contributed by atoms with E-state index >= 15 is 0 Å². The Labute approximate surface area is 183 Å². The van der Waals surface area contributed by atoms with Crippen molar-refractivity contribution in [2.45, 2.75) is 39.8 Å². The number of aromatic nitrogens is 2. The molecule has 2 N–H and O–H groups in total. The molecule has 0 spiro atoms. The molecule has 0 fully saturated rings. The molecule has 1 heterocycles. The van der Waals surface area contributed by atoms with Gasteiger partial charge >= 0.3 is 6.09 Å². The molecule has 0 aliphatic rings. The second-order valence-corrected chi connectivity index (χ2v) is 8.32. The first-order valence-electron chi connectivity index (χ1n) is 10.3. The maximum atomic E-state index is 11.5. The predicted octanol–water partition coefficient (Wildman–Crippen LogP) is 6.25. The number of aromatic amines is 1. The van der Waals surface area contributed by atoms with Crippen molar-refractivity contribution in [3.63, 3.8) is 0 Å². The van der Waals surface area contributed by atoms with E-state index in [1.165, 1.54) is 16.3 Å². The first kappa shape index (κ1) is 22.1. The summed E-state index contributed by atoms with van der Waals surface area (Å²) in [4.78, 5) is 18.9. The van der Waals surface area contributed by atoms with Crippen molar-refractivity contribution >= 4 is 16.9 Å². The number of nitrogens with zero attached hydrogens (tertiary/aromatic N) is 1. The van der Waals surface area contributed by atoms with Gasteiger partial charge in [0.1, 0.15) is 11.4 Å². The van der Waals surface area contributed by atoms with E-state index in [0.717, 1.165) is 11.3 Å². The summed E-state index contributed by atoms with van der Waals surface area (Å²) in [7, 11) is 0. The highest BCUT2D eigenvalue weighted by atomic mass is 16.6. The lowest BCUT2D eigenvalue weighted by atomic mass is 10.1. The smallest absolute Gasteiger partial charge is 0.408 e. The molecule has 0 saturated heterocycles. The molecule has 0 atom stereocenters. The third-order valence-electron chi connectivity index (χ3n) is 4.42. The maximum Gasteiger partial charge on any atom is 0.408 e. The van der Waals surface area contributed by atoms with Crippen molar-refractivity contribution in [2.75, 3.05) is 0 Å². The number of carbonyl (C=O) groups is 1. The molecule has 0 radical (unpaired) electrons. The largest absolute Gasteiger partial charge is 0.444 e. The lowest BCUT2D eigenvalue weighted by Gasteiger charge is -2.19. The van der Waals surface area contributed by atoms with Gasteiger partial charge in [-0.1, -0.05) is 78.4 Å². The summed E-state index contributed by atoms with van der Waals surface area (Å²) in [5.41, 5.74) is 2.81. The van der Waals surface area contributed by atoms with Crippen LogP contribution in [-0.2, 0) is 11.3 Å². The molecule has 0 bridgehead atoms. The SMILES string of the molecule is CC(C)(C)OC(=O)NCc1ncc(-c2ccccc2)[nH]1.Cc1ccc2ccccc2c1. The standard InChI is InChI=1S/C15H19N3O2.C11H10/c1-15(2,3)20-14(19)17-10-13-16-9-12(18-13)11-7-5-4-6-8-11;1-9-6-7-10-4-2-3-5-11(10)8-9/h4-9H,10H2,1-3H3,(H,16,18)(H,17,19);2-8H,1H3. The van der Waals surface area contributed by atoms with Gasteiger partial charge in [-0.2, -0.15) is 0 Å². The summed E-state index contributed by atoms with van der Waals surface area (Å²) >= 11 is 0. The number of fused-ring (bicyclic) bond motifs is 1. The second-order valence-electron chi connectivity index (χ2n) is 8.32. The van der Waals surface area contributed by atoms with Crippen LogP contribution in [0.3, 0.4) is 0 Å². The van der Waals surface area contributed by atoms with Crippen LogP contribution < -0.4 is 5.32 Å². The molecular formula is C26H29N3O2. The molecule has 5 heteroatoms. The van der Waals surface area contributed by atoms with E-state index in [0.29, 0.717) is 12.4 Å². The van der Waals surface area contributed by atoms with Crippen molar-refractivity contribution in [3.05, 3.63) is 90.4 Å². The molecular weight excluding hydrogens is 386 g/mol. The number of rotatable bonds is 3. The van der Waals surface area contributed by atoms with Crippen LogP contribution in [0, 0.1) is 6.92 Å². The zero-order valence-corrected chi connectivity index (χ0v) is 18.5. The number of carbonyl (C=O) groups excluding carboxylic acids is 1. The minimum Gasteiger partial charge on any atom is -0.444 e. The number of aryl methyl sites for hydroxylation is 1. The van der Waals surface area contributed by atoms with Crippen LogP contribution in [0.2, 0.25) is 0 Å². The van der Waals surface area contributed by atoms with Gasteiger partial charge in [-0.3, -0.25) is 0 Å². The van der Waals surface area contributed by atoms with Gasteiger partial charge in [0.05, 0.1) is 18.4 Å². The molecule has 1 aromatic heterocycles. The average Bonchev–Trinajstić information content (AvgIpc) is 3.21. The molecule has 160 valence electrons. The van der Waals surface area contributed by atoms with Crippen LogP contribution in [0.5, 0.6) is 0 Å². The minimum atomic E-state index is -0.498. The van der Waals surface area contributed by atoms with Crippen molar-refractivity contribution in [2.24, 2.45) is 0 Å². The third kappa shape index (κ3) is 7.00. The lowest BCUT2D eigenvalue weighted by Crippen LogP contribution is -2.32. The molecule has 0 unspecified atom stereocenters. The molecule has 0 saturated carbocycles. The van der Waals surface area contributed by atoms with E-state index in [9.17, 15) is 4.79 Å². The molecule has 0 aliphatic carbocycles. The topological polar surface area (TPSA) is 67.0 Å². The van der Waals surface area contributed by atoms with Gasteiger partial charge in [0.2, 0.25) is 0 Å². The minimum absolute atomic E-state index is 0.307. The molecule has 1 amide bonds. The molecule has 4 rings (SSSR count). The van der Waals surface area contributed by atoms with Crippen LogP contribution in [0.25, 0.3) is 22.0 Å². The zero-order valence-electron chi connectivity index (χ0n) is 18.5. The number of hydrogen-bond acceptors (Lipinski definition) is 3. The maximum absolute atomic E-state index is 11.5. The molecule has 0 aliphatic heterocycles. The molecule has 4 aromatic rings. The number of benzene rings is 3. The van der Waals surface area contributed by atoms with Crippen LogP contribution in [0.4, 0.5) is 4.79 Å². The van der Waals surface area contributed by atoms with E-state index in [4.69, 9.17) is 4.74 Å². The van der Waals surface area contributed by atoms with Crippen molar-refractivity contribution in [3.8, 4) is 11.3 Å². The number of imidazole rings is 1. The third-order valence-corrected chi connectivity index (χ3v) is 4.42. The van der Waals surface area contributed by atoms with Crippen molar-refractivity contribution < 1.29 is 9.53 Å². The highest BCUT2D eigenvalue weighted by Gasteiger charge is 2.16. The first-order chi connectivity index (χ1) is 14.8. The summed E-state index contributed by atoms with van der Waals surface area (Å²) in [6.45, 7) is 7.90. The van der Waals surface area contributed by atoms with E-state index < -0.39 is 11.7 Å². The van der Waals surface area contributed by atoms with Crippen LogP contribution in [0.1, 0.15) is 32.2 Å². The Morgan fingerprint density at radius 2 is 1.65 bits per heavy atom. The Bertz CT molecular complexity index is 1130. The molecule has 5 nitrogen and oxygen atoms in total. The summed E-state index contributed by atoms with van der Waals surface area (Å²) in [5, 5.41) is 5.31. The number of alkyl carbamates (subject to hydrolysis) is 1. The summed E-state index contributed by atoms with van der Waals surface area (Å²) in [6.07, 6.45) is 1.30. The zero-order chi connectivity index (χ0) is 22.3. The highest BCUT2D eigenvalue weighted by Crippen LogP contribution is 2.16. The summed E-state index contributed by atoms with van der Waals surface area (Å²) in [5.74, 6) is 0.690. The predicted molar refractivity (Wildman–Crippen MR) is 126 cm³/mol. The number of ether oxygens (including phenoxy) is 1. The Hall–Kier alpha value is -3.60. The van der Waals surface area contributed by atoms with Crippen LogP contribution in [0.15, 0.2) is 79.0 Å². The van der Waals surface area contributed by atoms with Gasteiger partial charge in [0.25, 0.3) is 0 Å². The fourth-order valence-corrected chi connectivity index (χ4v) is 3.00. The summed E-state index contributed by atoms with van der Waals surface area (Å²) < 4.78 is 5.16. The van der Waals surface area contributed by atoms with Crippen LogP contribution >= 0.6 is 0 Å². The Balaban J connectivity index is 0.000000207. The Morgan fingerprint density at radius 1 is 0.968 bits per heavy atom. The number of hydrogen-bond donors (Lipinski definition) is 2. The van der Waals surface area contributed by atoms with E-state index in [2.05, 4.69) is 64.7 Å². The molecule has 3 aromatic carbocycles. The average molecular weight is 416 g/mol. The van der Waals surface area contributed by atoms with Gasteiger partial charge in [0.15, 0.2) is 0 Å². The molecule has 31 heavy (non-hydrogen) atoms. The summed E-state index contributed by atoms with van der Waals surface area (Å²) in [6, 6.07) is 24.8. The monoisotopic (exact) mass is 415 g/mol. The second kappa shape index (κ2) is 9.94. The number of nitrogens with one attached hydrogen (secondary N) is 2. The van der Waals surface area contributed by atoms with E-state index in [1.54, 1.807) is 6.20 Å². The fraction of sp³-hybridized carbons (Fsp3) is 0.231.